The SMILES string of the molecule is COCCOc1ccc(NCc2cc(F)ccc2F)cn1. The lowest BCUT2D eigenvalue weighted by Gasteiger charge is -2.09. The van der Waals surface area contributed by atoms with E-state index in [0.717, 1.165) is 18.2 Å². The predicted octanol–water partition coefficient (Wildman–Crippen LogP) is 3.00. The molecule has 2 rings (SSSR count). The van der Waals surface area contributed by atoms with E-state index in [2.05, 4.69) is 10.3 Å². The van der Waals surface area contributed by atoms with Crippen LogP contribution < -0.4 is 10.1 Å². The van der Waals surface area contributed by atoms with Gasteiger partial charge < -0.3 is 14.8 Å². The van der Waals surface area contributed by atoms with Gasteiger partial charge in [-0.25, -0.2) is 13.8 Å². The molecule has 0 unspecified atom stereocenters. The molecular weight excluding hydrogens is 278 g/mol. The fraction of sp³-hybridized carbons (Fsp3) is 0.267. The summed E-state index contributed by atoms with van der Waals surface area (Å²) in [5, 5.41) is 2.97. The van der Waals surface area contributed by atoms with Gasteiger partial charge in [0.1, 0.15) is 18.2 Å². The zero-order valence-corrected chi connectivity index (χ0v) is 11.6. The number of hydrogen-bond acceptors (Lipinski definition) is 4. The van der Waals surface area contributed by atoms with Gasteiger partial charge in [-0.05, 0) is 24.3 Å². The maximum atomic E-state index is 13.5. The van der Waals surface area contributed by atoms with Gasteiger partial charge in [0.25, 0.3) is 0 Å². The lowest BCUT2D eigenvalue weighted by atomic mass is 10.2. The third-order valence-electron chi connectivity index (χ3n) is 2.76. The molecule has 0 saturated heterocycles. The summed E-state index contributed by atoms with van der Waals surface area (Å²) < 4.78 is 36.7. The van der Waals surface area contributed by atoms with Crippen LogP contribution in [-0.4, -0.2) is 25.3 Å². The fourth-order valence-corrected chi connectivity index (χ4v) is 1.68. The van der Waals surface area contributed by atoms with Crippen molar-refractivity contribution < 1.29 is 18.3 Å². The van der Waals surface area contributed by atoms with E-state index >= 15 is 0 Å². The van der Waals surface area contributed by atoms with Crippen LogP contribution in [-0.2, 0) is 11.3 Å². The van der Waals surface area contributed by atoms with Crippen molar-refractivity contribution in [2.75, 3.05) is 25.6 Å². The van der Waals surface area contributed by atoms with Crippen LogP contribution in [0.5, 0.6) is 5.88 Å². The number of hydrogen-bond donors (Lipinski definition) is 1. The normalized spacial score (nSPS) is 10.4. The Hall–Kier alpha value is -2.21. The summed E-state index contributed by atoms with van der Waals surface area (Å²) in [4.78, 5) is 4.09. The van der Waals surface area contributed by atoms with Gasteiger partial charge in [-0.3, -0.25) is 0 Å². The molecule has 0 fully saturated rings. The van der Waals surface area contributed by atoms with E-state index in [1.807, 2.05) is 0 Å². The smallest absolute Gasteiger partial charge is 0.213 e. The Morgan fingerprint density at radius 1 is 1.14 bits per heavy atom. The zero-order chi connectivity index (χ0) is 15.1. The van der Waals surface area contributed by atoms with Crippen molar-refractivity contribution in [3.05, 3.63) is 53.7 Å². The molecule has 0 spiro atoms. The number of pyridine rings is 1. The van der Waals surface area contributed by atoms with Crippen LogP contribution in [0.2, 0.25) is 0 Å². The second-order valence-electron chi connectivity index (χ2n) is 4.32. The molecule has 0 amide bonds. The van der Waals surface area contributed by atoms with Crippen molar-refractivity contribution in [2.24, 2.45) is 0 Å². The van der Waals surface area contributed by atoms with Crippen LogP contribution in [0.1, 0.15) is 5.56 Å². The summed E-state index contributed by atoms with van der Waals surface area (Å²) in [6.45, 7) is 1.08. The minimum absolute atomic E-state index is 0.176. The fourth-order valence-electron chi connectivity index (χ4n) is 1.68. The first-order chi connectivity index (χ1) is 10.2. The molecule has 0 radical (unpaired) electrons. The largest absolute Gasteiger partial charge is 0.475 e. The van der Waals surface area contributed by atoms with Crippen molar-refractivity contribution in [1.29, 1.82) is 0 Å². The molecule has 1 N–H and O–H groups in total. The highest BCUT2D eigenvalue weighted by Crippen LogP contribution is 2.15. The van der Waals surface area contributed by atoms with Crippen LogP contribution in [0, 0.1) is 11.6 Å². The molecule has 1 heterocycles. The molecule has 0 aliphatic heterocycles. The molecule has 0 atom stereocenters. The van der Waals surface area contributed by atoms with Crippen molar-refractivity contribution >= 4 is 5.69 Å². The van der Waals surface area contributed by atoms with Gasteiger partial charge in [-0.15, -0.1) is 0 Å². The molecule has 0 aliphatic carbocycles. The number of benzene rings is 1. The molecule has 1 aromatic heterocycles. The van der Waals surface area contributed by atoms with E-state index in [4.69, 9.17) is 9.47 Å². The van der Waals surface area contributed by atoms with Gasteiger partial charge in [0.2, 0.25) is 5.88 Å². The Labute approximate surface area is 121 Å². The first-order valence-corrected chi connectivity index (χ1v) is 6.44. The van der Waals surface area contributed by atoms with Crippen LogP contribution in [0.3, 0.4) is 0 Å². The first-order valence-electron chi connectivity index (χ1n) is 6.44. The second kappa shape index (κ2) is 7.54. The van der Waals surface area contributed by atoms with Crippen molar-refractivity contribution in [3.63, 3.8) is 0 Å². The van der Waals surface area contributed by atoms with Gasteiger partial charge >= 0.3 is 0 Å². The standard InChI is InChI=1S/C15H16F2N2O2/c1-20-6-7-21-15-5-3-13(10-19-15)18-9-11-8-12(16)2-4-14(11)17/h2-5,8,10,18H,6-7,9H2,1H3. The van der Waals surface area contributed by atoms with Gasteiger partial charge in [0, 0.05) is 25.3 Å². The Morgan fingerprint density at radius 2 is 2.00 bits per heavy atom. The maximum Gasteiger partial charge on any atom is 0.213 e. The summed E-state index contributed by atoms with van der Waals surface area (Å²) in [5.41, 5.74) is 0.952. The van der Waals surface area contributed by atoms with Gasteiger partial charge in [-0.2, -0.15) is 0 Å². The lowest BCUT2D eigenvalue weighted by molar-refractivity contribution is 0.144. The summed E-state index contributed by atoms with van der Waals surface area (Å²) in [7, 11) is 1.59. The summed E-state index contributed by atoms with van der Waals surface area (Å²) in [5.74, 6) is -0.431. The quantitative estimate of drug-likeness (QED) is 0.797. The van der Waals surface area contributed by atoms with Crippen LogP contribution in [0.25, 0.3) is 0 Å². The molecule has 112 valence electrons. The van der Waals surface area contributed by atoms with E-state index in [0.29, 0.717) is 24.8 Å². The maximum absolute atomic E-state index is 13.5. The van der Waals surface area contributed by atoms with Crippen molar-refractivity contribution in [1.82, 2.24) is 4.98 Å². The van der Waals surface area contributed by atoms with E-state index in [1.54, 1.807) is 25.4 Å². The Morgan fingerprint density at radius 3 is 2.71 bits per heavy atom. The summed E-state index contributed by atoms with van der Waals surface area (Å²) in [6.07, 6.45) is 1.57. The predicted molar refractivity (Wildman–Crippen MR) is 75.3 cm³/mol. The molecular formula is C15H16F2N2O2. The number of rotatable bonds is 7. The van der Waals surface area contributed by atoms with Gasteiger partial charge in [0.05, 0.1) is 18.5 Å². The number of methoxy groups -OCH3 is 1. The van der Waals surface area contributed by atoms with Crippen LogP contribution in [0.4, 0.5) is 14.5 Å². The number of nitrogens with zero attached hydrogens (tertiary/aromatic N) is 1. The number of halogens is 2. The van der Waals surface area contributed by atoms with Gasteiger partial charge in [-0.1, -0.05) is 0 Å². The van der Waals surface area contributed by atoms with E-state index in [1.165, 1.54) is 0 Å². The molecule has 1 aromatic carbocycles. The number of aromatic nitrogens is 1. The zero-order valence-electron chi connectivity index (χ0n) is 11.6. The summed E-state index contributed by atoms with van der Waals surface area (Å²) in [6, 6.07) is 6.81. The highest BCUT2D eigenvalue weighted by Gasteiger charge is 2.04. The minimum Gasteiger partial charge on any atom is -0.475 e. The second-order valence-corrected chi connectivity index (χ2v) is 4.32. The van der Waals surface area contributed by atoms with Crippen molar-refractivity contribution in [2.45, 2.75) is 6.54 Å². The van der Waals surface area contributed by atoms with E-state index in [-0.39, 0.29) is 12.1 Å². The number of nitrogens with one attached hydrogen (secondary N) is 1. The number of anilines is 1. The third-order valence-corrected chi connectivity index (χ3v) is 2.76. The first kappa shape index (κ1) is 15.2. The lowest BCUT2D eigenvalue weighted by Crippen LogP contribution is -2.06. The van der Waals surface area contributed by atoms with Gasteiger partial charge in [0.15, 0.2) is 0 Å². The third kappa shape index (κ3) is 4.68. The monoisotopic (exact) mass is 294 g/mol. The molecule has 21 heavy (non-hydrogen) atoms. The van der Waals surface area contributed by atoms with Crippen molar-refractivity contribution in [3.8, 4) is 5.88 Å². The average Bonchev–Trinajstić information content (AvgIpc) is 2.50. The summed E-state index contributed by atoms with van der Waals surface area (Å²) >= 11 is 0. The average molecular weight is 294 g/mol. The Balaban J connectivity index is 1.90. The van der Waals surface area contributed by atoms with Crippen LogP contribution >= 0.6 is 0 Å². The van der Waals surface area contributed by atoms with E-state index < -0.39 is 11.6 Å². The molecule has 4 nitrogen and oxygen atoms in total. The highest BCUT2D eigenvalue weighted by molar-refractivity contribution is 5.42. The highest BCUT2D eigenvalue weighted by atomic mass is 19.1. The molecule has 2 aromatic rings. The molecule has 6 heteroatoms. The van der Waals surface area contributed by atoms with Crippen LogP contribution in [0.15, 0.2) is 36.5 Å². The Bertz CT molecular complexity index is 576. The minimum atomic E-state index is -0.465. The topological polar surface area (TPSA) is 43.4 Å². The molecule has 0 bridgehead atoms. The molecule has 0 saturated carbocycles. The Kier molecular flexibility index (Phi) is 5.45. The van der Waals surface area contributed by atoms with E-state index in [9.17, 15) is 8.78 Å². The number of ether oxygens (including phenoxy) is 2. The molecule has 0 aliphatic rings.